The van der Waals surface area contributed by atoms with Crippen molar-refractivity contribution >= 4 is 45.8 Å². The van der Waals surface area contributed by atoms with Crippen molar-refractivity contribution in [1.82, 2.24) is 14.9 Å². The van der Waals surface area contributed by atoms with E-state index in [1.165, 1.54) is 0 Å². The number of anilines is 1. The van der Waals surface area contributed by atoms with Gasteiger partial charge in [-0.25, -0.2) is 4.98 Å². The van der Waals surface area contributed by atoms with Crippen LogP contribution in [0, 0.1) is 0 Å². The fraction of sp³-hybridized carbons (Fsp3) is 0.222. The molecule has 0 atom stereocenters. The quantitative estimate of drug-likeness (QED) is 0.741. The molecule has 0 bridgehead atoms. The van der Waals surface area contributed by atoms with E-state index in [0.717, 1.165) is 11.2 Å². The van der Waals surface area contributed by atoms with Crippen LogP contribution in [0.3, 0.4) is 0 Å². The first-order valence-electron chi connectivity index (χ1n) is 8.05. The lowest BCUT2D eigenvalue weighted by molar-refractivity contribution is 0.0748. The summed E-state index contributed by atoms with van der Waals surface area (Å²) in [6, 6.07) is 11.1. The second-order valence-corrected chi connectivity index (χ2v) is 6.77. The van der Waals surface area contributed by atoms with Gasteiger partial charge in [-0.2, -0.15) is 0 Å². The number of para-hydroxylation sites is 2. The summed E-state index contributed by atoms with van der Waals surface area (Å²) < 4.78 is 0. The van der Waals surface area contributed by atoms with Crippen molar-refractivity contribution in [3.63, 3.8) is 0 Å². The van der Waals surface area contributed by atoms with Crippen LogP contribution in [-0.4, -0.2) is 47.0 Å². The van der Waals surface area contributed by atoms with E-state index in [1.54, 1.807) is 6.33 Å². The van der Waals surface area contributed by atoms with Crippen LogP contribution in [0.15, 0.2) is 42.7 Å². The highest BCUT2D eigenvalue weighted by atomic mass is 35.5. The van der Waals surface area contributed by atoms with E-state index in [9.17, 15) is 4.79 Å². The summed E-state index contributed by atoms with van der Waals surface area (Å²) in [4.78, 5) is 24.2. The van der Waals surface area contributed by atoms with Gasteiger partial charge in [-0.15, -0.1) is 0 Å². The number of piperazine rings is 1. The van der Waals surface area contributed by atoms with Crippen molar-refractivity contribution in [1.29, 1.82) is 0 Å². The number of hydrogen-bond acceptors (Lipinski definition) is 3. The number of benzene rings is 2. The molecular weight excluding hydrogens is 359 g/mol. The van der Waals surface area contributed by atoms with Gasteiger partial charge in [0.2, 0.25) is 0 Å². The average molecular weight is 375 g/mol. The molecule has 1 fully saturated rings. The topological polar surface area (TPSA) is 52.2 Å². The van der Waals surface area contributed by atoms with Crippen LogP contribution in [0.4, 0.5) is 5.69 Å². The molecular formula is C18H16Cl2N4O. The van der Waals surface area contributed by atoms with E-state index in [4.69, 9.17) is 23.2 Å². The Bertz CT molecular complexity index is 911. The van der Waals surface area contributed by atoms with E-state index >= 15 is 0 Å². The molecule has 128 valence electrons. The molecule has 0 saturated carbocycles. The molecule has 0 aliphatic carbocycles. The van der Waals surface area contributed by atoms with Gasteiger partial charge in [0.15, 0.2) is 0 Å². The molecule has 1 N–H and O–H groups in total. The van der Waals surface area contributed by atoms with Gasteiger partial charge in [-0.1, -0.05) is 35.3 Å². The summed E-state index contributed by atoms with van der Waals surface area (Å²) in [5.41, 5.74) is 3.05. The number of aromatic nitrogens is 2. The maximum Gasteiger partial charge on any atom is 0.256 e. The third kappa shape index (κ3) is 2.94. The number of amides is 1. The van der Waals surface area contributed by atoms with Crippen molar-refractivity contribution in [3.8, 4) is 0 Å². The van der Waals surface area contributed by atoms with Gasteiger partial charge in [0.05, 0.1) is 33.1 Å². The van der Waals surface area contributed by atoms with Crippen molar-refractivity contribution in [3.05, 3.63) is 58.3 Å². The van der Waals surface area contributed by atoms with Crippen molar-refractivity contribution in [2.24, 2.45) is 0 Å². The lowest BCUT2D eigenvalue weighted by Crippen LogP contribution is -2.49. The number of fused-ring (bicyclic) bond motifs is 1. The van der Waals surface area contributed by atoms with Gasteiger partial charge >= 0.3 is 0 Å². The van der Waals surface area contributed by atoms with Gasteiger partial charge in [0, 0.05) is 26.2 Å². The zero-order valence-electron chi connectivity index (χ0n) is 13.4. The lowest BCUT2D eigenvalue weighted by Gasteiger charge is -2.37. The monoisotopic (exact) mass is 374 g/mol. The minimum atomic E-state index is 0.00241. The Kier molecular flexibility index (Phi) is 4.27. The van der Waals surface area contributed by atoms with E-state index in [0.29, 0.717) is 47.3 Å². The molecule has 25 heavy (non-hydrogen) atoms. The Labute approximate surface area is 155 Å². The molecule has 0 spiro atoms. The first-order valence-corrected chi connectivity index (χ1v) is 8.81. The molecule has 1 aromatic heterocycles. The number of nitrogens with zero attached hydrogens (tertiary/aromatic N) is 3. The number of halogens is 2. The van der Waals surface area contributed by atoms with Gasteiger partial charge in [-0.05, 0) is 24.3 Å². The Morgan fingerprint density at radius 2 is 1.68 bits per heavy atom. The predicted octanol–water partition coefficient (Wildman–Crippen LogP) is 3.83. The Hall–Kier alpha value is -2.24. The summed E-state index contributed by atoms with van der Waals surface area (Å²) in [5, 5.41) is 1.27. The van der Waals surface area contributed by atoms with Gasteiger partial charge in [-0.3, -0.25) is 4.79 Å². The summed E-state index contributed by atoms with van der Waals surface area (Å²) in [7, 11) is 0. The molecule has 3 aromatic rings. The number of imidazole rings is 1. The predicted molar refractivity (Wildman–Crippen MR) is 101 cm³/mol. The molecule has 5 nitrogen and oxygen atoms in total. The van der Waals surface area contributed by atoms with E-state index < -0.39 is 0 Å². The number of carbonyl (C=O) groups excluding carboxylic acids is 1. The molecule has 2 heterocycles. The fourth-order valence-electron chi connectivity index (χ4n) is 3.23. The molecule has 1 saturated heterocycles. The zero-order chi connectivity index (χ0) is 17.4. The number of carbonyl (C=O) groups is 1. The Morgan fingerprint density at radius 1 is 1.00 bits per heavy atom. The zero-order valence-corrected chi connectivity index (χ0v) is 14.9. The average Bonchev–Trinajstić information content (AvgIpc) is 3.10. The lowest BCUT2D eigenvalue weighted by atomic mass is 10.1. The molecule has 1 aliphatic rings. The molecule has 1 amide bonds. The highest BCUT2D eigenvalue weighted by Crippen LogP contribution is 2.34. The number of aromatic amines is 1. The minimum absolute atomic E-state index is 0.00241. The van der Waals surface area contributed by atoms with Crippen LogP contribution in [0.1, 0.15) is 10.4 Å². The smallest absolute Gasteiger partial charge is 0.256 e. The van der Waals surface area contributed by atoms with Crippen LogP contribution < -0.4 is 4.90 Å². The van der Waals surface area contributed by atoms with E-state index in [-0.39, 0.29) is 5.91 Å². The maximum absolute atomic E-state index is 12.9. The highest BCUT2D eigenvalue weighted by Gasteiger charge is 2.25. The summed E-state index contributed by atoms with van der Waals surface area (Å²) in [6.07, 6.45) is 1.61. The van der Waals surface area contributed by atoms with Crippen LogP contribution >= 0.6 is 23.2 Å². The Morgan fingerprint density at radius 3 is 2.40 bits per heavy atom. The highest BCUT2D eigenvalue weighted by molar-refractivity contribution is 6.39. The number of nitrogens with one attached hydrogen (secondary N) is 1. The standard InChI is InChI=1S/C18H16Cl2N4O/c19-13-4-2-5-14(20)17(13)23-7-9-24(10-8-23)18(25)12-3-1-6-15-16(12)22-11-21-15/h1-6,11H,7-10H2,(H,21,22). The van der Waals surface area contributed by atoms with Crippen LogP contribution in [0.2, 0.25) is 10.0 Å². The van der Waals surface area contributed by atoms with E-state index in [1.807, 2.05) is 41.3 Å². The van der Waals surface area contributed by atoms with Crippen LogP contribution in [-0.2, 0) is 0 Å². The molecule has 1 aliphatic heterocycles. The molecule has 4 rings (SSSR count). The molecule has 7 heteroatoms. The second-order valence-electron chi connectivity index (χ2n) is 5.95. The number of rotatable bonds is 2. The van der Waals surface area contributed by atoms with E-state index in [2.05, 4.69) is 14.9 Å². The summed E-state index contributed by atoms with van der Waals surface area (Å²) >= 11 is 12.6. The Balaban J connectivity index is 1.52. The first-order chi connectivity index (χ1) is 12.1. The fourth-order valence-corrected chi connectivity index (χ4v) is 3.87. The van der Waals surface area contributed by atoms with Crippen LogP contribution in [0.5, 0.6) is 0 Å². The van der Waals surface area contributed by atoms with Gasteiger partial charge in [0.1, 0.15) is 5.52 Å². The van der Waals surface area contributed by atoms with Gasteiger partial charge in [0.25, 0.3) is 5.91 Å². The van der Waals surface area contributed by atoms with Crippen LogP contribution in [0.25, 0.3) is 11.0 Å². The summed E-state index contributed by atoms with van der Waals surface area (Å²) in [6.45, 7) is 2.60. The third-order valence-electron chi connectivity index (χ3n) is 4.50. The molecule has 0 radical (unpaired) electrons. The SMILES string of the molecule is O=C(c1cccc2[nH]cnc12)N1CCN(c2c(Cl)cccc2Cl)CC1. The van der Waals surface area contributed by atoms with Gasteiger partial charge < -0.3 is 14.8 Å². The minimum Gasteiger partial charge on any atom is -0.366 e. The molecule has 2 aromatic carbocycles. The number of hydrogen-bond donors (Lipinski definition) is 1. The largest absolute Gasteiger partial charge is 0.366 e. The molecule has 0 unspecified atom stereocenters. The maximum atomic E-state index is 12.9. The second kappa shape index (κ2) is 6.58. The van der Waals surface area contributed by atoms with Crippen molar-refractivity contribution in [2.45, 2.75) is 0 Å². The van der Waals surface area contributed by atoms with Crippen molar-refractivity contribution < 1.29 is 4.79 Å². The summed E-state index contributed by atoms with van der Waals surface area (Å²) in [5.74, 6) is 0.00241. The number of H-pyrrole nitrogens is 1. The normalized spacial score (nSPS) is 15.0. The third-order valence-corrected chi connectivity index (χ3v) is 5.11. The first kappa shape index (κ1) is 16.2. The van der Waals surface area contributed by atoms with Crippen molar-refractivity contribution in [2.75, 3.05) is 31.1 Å².